The van der Waals surface area contributed by atoms with Crippen LogP contribution in [0.2, 0.25) is 0 Å². The van der Waals surface area contributed by atoms with Crippen LogP contribution in [0.15, 0.2) is 77.0 Å². The number of benzene rings is 2. The molecule has 2 aromatic carbocycles. The third kappa shape index (κ3) is 4.28. The Balaban J connectivity index is 1.66. The minimum Gasteiger partial charge on any atom is -0.457 e. The molecule has 0 atom stereocenters. The Morgan fingerprint density at radius 3 is 2.45 bits per heavy atom. The summed E-state index contributed by atoms with van der Waals surface area (Å²) in [5.41, 5.74) is 2.23. The molecular weight excluding hydrogens is 598 g/mol. The van der Waals surface area contributed by atoms with Crippen molar-refractivity contribution >= 4 is 76.9 Å². The van der Waals surface area contributed by atoms with Crippen molar-refractivity contribution in [3.8, 4) is 11.3 Å². The van der Waals surface area contributed by atoms with Gasteiger partial charge < -0.3 is 4.42 Å². The van der Waals surface area contributed by atoms with E-state index < -0.39 is 4.92 Å². The van der Waals surface area contributed by atoms with Gasteiger partial charge in [0.05, 0.1) is 21.9 Å². The first-order chi connectivity index (χ1) is 14.7. The van der Waals surface area contributed by atoms with E-state index in [-0.39, 0.29) is 11.6 Å². The summed E-state index contributed by atoms with van der Waals surface area (Å²) in [6, 6.07) is 13.6. The van der Waals surface area contributed by atoms with E-state index in [0.29, 0.717) is 43.0 Å². The lowest BCUT2D eigenvalue weighted by Gasteiger charge is -2.11. The van der Waals surface area contributed by atoms with E-state index in [0.717, 1.165) is 4.47 Å². The smallest absolute Gasteiger partial charge is 0.280 e. The van der Waals surface area contributed by atoms with Crippen LogP contribution in [0.5, 0.6) is 0 Å². The lowest BCUT2D eigenvalue weighted by molar-refractivity contribution is -0.385. The first-order valence-corrected chi connectivity index (χ1v) is 11.2. The second kappa shape index (κ2) is 8.52. The van der Waals surface area contributed by atoms with Gasteiger partial charge in [-0.25, -0.2) is 0 Å². The topological polar surface area (TPSA) is 89.0 Å². The average Bonchev–Trinajstić information content (AvgIpc) is 3.27. The molecule has 0 saturated heterocycles. The predicted molar refractivity (Wildman–Crippen MR) is 129 cm³/mol. The van der Waals surface area contributed by atoms with Gasteiger partial charge in [-0.2, -0.15) is 10.1 Å². The molecule has 0 saturated carbocycles. The molecule has 0 N–H and O–H groups in total. The Morgan fingerprint density at radius 2 is 1.81 bits per heavy atom. The van der Waals surface area contributed by atoms with Crippen LogP contribution < -0.4 is 5.01 Å². The van der Waals surface area contributed by atoms with Gasteiger partial charge in [0.25, 0.3) is 11.6 Å². The maximum atomic E-state index is 12.9. The number of nitro benzene ring substituents is 1. The Labute approximate surface area is 202 Å². The number of anilines is 1. The highest BCUT2D eigenvalue weighted by atomic mass is 79.9. The van der Waals surface area contributed by atoms with E-state index in [4.69, 9.17) is 4.42 Å². The molecule has 31 heavy (non-hydrogen) atoms. The average molecular weight is 610 g/mol. The van der Waals surface area contributed by atoms with E-state index in [1.165, 1.54) is 17.1 Å². The molecule has 2 heterocycles. The molecule has 4 rings (SSSR count). The predicted octanol–water partition coefficient (Wildman–Crippen LogP) is 6.95. The SMILES string of the molecule is CC1=NN(c2cccc(Br)c2)C(=O)C1=Cc1ccc(-c2c(Br)cc([N+](=O)[O-])cc2Br)o1. The summed E-state index contributed by atoms with van der Waals surface area (Å²) in [4.78, 5) is 23.5. The number of carbonyl (C=O) groups excluding carboxylic acids is 1. The maximum Gasteiger partial charge on any atom is 0.280 e. The number of non-ortho nitro benzene ring substituents is 1. The Kier molecular flexibility index (Phi) is 5.96. The standard InChI is InChI=1S/C21H12Br3N3O4/c1-11-16(21(28)26(25-11)13-4-2-3-12(22)7-13)10-15-5-6-19(31-15)20-17(23)8-14(27(29)30)9-18(20)24/h2-10H,1H3. The van der Waals surface area contributed by atoms with Crippen LogP contribution in [0.25, 0.3) is 17.4 Å². The van der Waals surface area contributed by atoms with Crippen molar-refractivity contribution < 1.29 is 14.1 Å². The van der Waals surface area contributed by atoms with Crippen molar-refractivity contribution in [1.29, 1.82) is 0 Å². The molecular formula is C21H12Br3N3O4. The molecule has 0 fully saturated rings. The number of amides is 1. The van der Waals surface area contributed by atoms with Crippen LogP contribution in [0.3, 0.4) is 0 Å². The Bertz CT molecular complexity index is 1270. The number of nitro groups is 1. The molecule has 1 aliphatic heterocycles. The van der Waals surface area contributed by atoms with Crippen LogP contribution in [0.1, 0.15) is 12.7 Å². The summed E-state index contributed by atoms with van der Waals surface area (Å²) < 4.78 is 7.78. The summed E-state index contributed by atoms with van der Waals surface area (Å²) in [7, 11) is 0. The molecule has 3 aromatic rings. The Hall–Kier alpha value is -2.56. The van der Waals surface area contributed by atoms with Crippen molar-refractivity contribution in [2.24, 2.45) is 5.10 Å². The number of hydrogen-bond donors (Lipinski definition) is 0. The van der Waals surface area contributed by atoms with Gasteiger partial charge in [0.15, 0.2) is 0 Å². The summed E-state index contributed by atoms with van der Waals surface area (Å²) in [6.07, 6.45) is 1.63. The van der Waals surface area contributed by atoms with E-state index in [2.05, 4.69) is 52.9 Å². The van der Waals surface area contributed by atoms with Crippen LogP contribution in [-0.4, -0.2) is 16.5 Å². The molecule has 1 aromatic heterocycles. The van der Waals surface area contributed by atoms with Crippen LogP contribution in [-0.2, 0) is 4.79 Å². The fourth-order valence-electron chi connectivity index (χ4n) is 3.07. The zero-order valence-corrected chi connectivity index (χ0v) is 20.6. The molecule has 156 valence electrons. The van der Waals surface area contributed by atoms with Crippen molar-refractivity contribution in [3.05, 3.63) is 83.4 Å². The van der Waals surface area contributed by atoms with Crippen molar-refractivity contribution in [3.63, 3.8) is 0 Å². The summed E-state index contributed by atoms with van der Waals surface area (Å²) >= 11 is 10.1. The van der Waals surface area contributed by atoms with Crippen molar-refractivity contribution in [2.75, 3.05) is 5.01 Å². The normalized spacial score (nSPS) is 15.0. The highest BCUT2D eigenvalue weighted by molar-refractivity contribution is 9.11. The maximum absolute atomic E-state index is 12.9. The third-order valence-electron chi connectivity index (χ3n) is 4.51. The van der Waals surface area contributed by atoms with Gasteiger partial charge in [-0.3, -0.25) is 14.9 Å². The number of furan rings is 1. The molecule has 1 aliphatic rings. The molecule has 0 unspecified atom stereocenters. The molecule has 0 spiro atoms. The van der Waals surface area contributed by atoms with Gasteiger partial charge >= 0.3 is 0 Å². The second-order valence-corrected chi connectivity index (χ2v) is 9.21. The van der Waals surface area contributed by atoms with Gasteiger partial charge in [-0.15, -0.1) is 0 Å². The van der Waals surface area contributed by atoms with Gasteiger partial charge in [0.1, 0.15) is 11.5 Å². The number of hydrogen-bond acceptors (Lipinski definition) is 5. The Morgan fingerprint density at radius 1 is 1.10 bits per heavy atom. The van der Waals surface area contributed by atoms with Crippen molar-refractivity contribution in [1.82, 2.24) is 0 Å². The molecule has 10 heteroatoms. The zero-order valence-electron chi connectivity index (χ0n) is 15.8. The van der Waals surface area contributed by atoms with Gasteiger partial charge in [0.2, 0.25) is 0 Å². The highest BCUT2D eigenvalue weighted by Crippen LogP contribution is 2.39. The largest absolute Gasteiger partial charge is 0.457 e. The number of rotatable bonds is 4. The minimum atomic E-state index is -0.470. The summed E-state index contributed by atoms with van der Waals surface area (Å²) in [5, 5.41) is 16.8. The quantitative estimate of drug-likeness (QED) is 0.182. The second-order valence-electron chi connectivity index (χ2n) is 6.58. The molecule has 7 nitrogen and oxygen atoms in total. The first-order valence-electron chi connectivity index (χ1n) is 8.85. The monoisotopic (exact) mass is 607 g/mol. The minimum absolute atomic E-state index is 0.0487. The summed E-state index contributed by atoms with van der Waals surface area (Å²) in [5.74, 6) is 0.691. The van der Waals surface area contributed by atoms with E-state index in [9.17, 15) is 14.9 Å². The number of halogens is 3. The van der Waals surface area contributed by atoms with Gasteiger partial charge in [-0.05, 0) is 75.2 Å². The van der Waals surface area contributed by atoms with Gasteiger partial charge in [0, 0.05) is 31.1 Å². The van der Waals surface area contributed by atoms with E-state index >= 15 is 0 Å². The molecule has 0 radical (unpaired) electrons. The molecule has 0 aliphatic carbocycles. The van der Waals surface area contributed by atoms with Crippen LogP contribution >= 0.6 is 47.8 Å². The lowest BCUT2D eigenvalue weighted by Crippen LogP contribution is -2.21. The number of hydrazone groups is 1. The molecule has 1 amide bonds. The third-order valence-corrected chi connectivity index (χ3v) is 6.26. The number of nitrogens with zero attached hydrogens (tertiary/aromatic N) is 3. The fourth-order valence-corrected chi connectivity index (χ4v) is 5.01. The summed E-state index contributed by atoms with van der Waals surface area (Å²) in [6.45, 7) is 1.76. The van der Waals surface area contributed by atoms with Crippen LogP contribution in [0.4, 0.5) is 11.4 Å². The lowest BCUT2D eigenvalue weighted by atomic mass is 10.1. The molecule has 0 bridgehead atoms. The number of carbonyl (C=O) groups is 1. The van der Waals surface area contributed by atoms with E-state index in [1.54, 1.807) is 31.2 Å². The fraction of sp³-hybridized carbons (Fsp3) is 0.0476. The van der Waals surface area contributed by atoms with Crippen molar-refractivity contribution in [2.45, 2.75) is 6.92 Å². The van der Waals surface area contributed by atoms with Crippen LogP contribution in [0, 0.1) is 10.1 Å². The highest BCUT2D eigenvalue weighted by Gasteiger charge is 2.29. The van der Waals surface area contributed by atoms with Gasteiger partial charge in [-0.1, -0.05) is 22.0 Å². The first kappa shape index (κ1) is 21.7. The van der Waals surface area contributed by atoms with E-state index in [1.807, 2.05) is 18.2 Å². The zero-order chi connectivity index (χ0) is 22.3.